The van der Waals surface area contributed by atoms with Crippen molar-refractivity contribution in [3.8, 4) is 5.75 Å². The van der Waals surface area contributed by atoms with Crippen LogP contribution in [0.15, 0.2) is 29.3 Å². The van der Waals surface area contributed by atoms with Gasteiger partial charge in [0.05, 0.1) is 12.2 Å². The summed E-state index contributed by atoms with van der Waals surface area (Å²) < 4.78 is 7.89. The SMILES string of the molecule is CCNC(=NCCCn1nc(C)cc1C)NCCOc1ccc2c(c1)CCC(=O)N2. The van der Waals surface area contributed by atoms with E-state index in [1.165, 1.54) is 5.69 Å². The van der Waals surface area contributed by atoms with Crippen molar-refractivity contribution in [2.24, 2.45) is 4.99 Å². The number of aryl methyl sites for hydroxylation is 4. The van der Waals surface area contributed by atoms with E-state index < -0.39 is 0 Å². The quantitative estimate of drug-likeness (QED) is 0.334. The van der Waals surface area contributed by atoms with Gasteiger partial charge in [-0.3, -0.25) is 14.5 Å². The summed E-state index contributed by atoms with van der Waals surface area (Å²) in [6.07, 6.45) is 2.21. The monoisotopic (exact) mass is 412 g/mol. The number of benzene rings is 1. The molecule has 0 radical (unpaired) electrons. The molecule has 30 heavy (non-hydrogen) atoms. The van der Waals surface area contributed by atoms with Gasteiger partial charge in [0, 0.05) is 37.4 Å². The van der Waals surface area contributed by atoms with Crippen LogP contribution in [0.3, 0.4) is 0 Å². The molecule has 1 aromatic carbocycles. The number of aromatic nitrogens is 2. The number of ether oxygens (including phenoxy) is 1. The average molecular weight is 413 g/mol. The van der Waals surface area contributed by atoms with Gasteiger partial charge in [0.25, 0.3) is 0 Å². The van der Waals surface area contributed by atoms with Gasteiger partial charge < -0.3 is 20.7 Å². The lowest BCUT2D eigenvalue weighted by Crippen LogP contribution is -2.39. The summed E-state index contributed by atoms with van der Waals surface area (Å²) in [6, 6.07) is 7.90. The molecule has 0 bridgehead atoms. The molecule has 3 N–H and O–H groups in total. The molecule has 0 fully saturated rings. The van der Waals surface area contributed by atoms with Crippen LogP contribution in [0.25, 0.3) is 0 Å². The molecular weight excluding hydrogens is 380 g/mol. The molecule has 1 aliphatic rings. The van der Waals surface area contributed by atoms with E-state index in [2.05, 4.69) is 46.0 Å². The Balaban J connectivity index is 1.40. The number of amides is 1. The summed E-state index contributed by atoms with van der Waals surface area (Å²) in [5.74, 6) is 1.69. The molecule has 162 valence electrons. The van der Waals surface area contributed by atoms with Gasteiger partial charge in [-0.1, -0.05) is 0 Å². The van der Waals surface area contributed by atoms with Crippen LogP contribution in [0.4, 0.5) is 5.69 Å². The minimum absolute atomic E-state index is 0.0745. The summed E-state index contributed by atoms with van der Waals surface area (Å²) in [4.78, 5) is 16.1. The summed E-state index contributed by atoms with van der Waals surface area (Å²) in [6.45, 7) is 9.72. The van der Waals surface area contributed by atoms with Gasteiger partial charge in [0.2, 0.25) is 5.91 Å². The van der Waals surface area contributed by atoms with Gasteiger partial charge in [-0.25, -0.2) is 0 Å². The Hall–Kier alpha value is -3.03. The van der Waals surface area contributed by atoms with Crippen molar-refractivity contribution in [2.45, 2.75) is 46.6 Å². The van der Waals surface area contributed by atoms with Gasteiger partial charge in [-0.15, -0.1) is 0 Å². The molecule has 2 heterocycles. The van der Waals surface area contributed by atoms with Crippen molar-refractivity contribution in [2.75, 3.05) is 31.6 Å². The number of carbonyl (C=O) groups excluding carboxylic acids is 1. The zero-order chi connectivity index (χ0) is 21.3. The highest BCUT2D eigenvalue weighted by Gasteiger charge is 2.14. The molecule has 2 aromatic rings. The number of nitrogens with one attached hydrogen (secondary N) is 3. The molecule has 8 heteroatoms. The second kappa shape index (κ2) is 10.7. The topological polar surface area (TPSA) is 92.6 Å². The van der Waals surface area contributed by atoms with E-state index in [0.29, 0.717) is 19.6 Å². The molecule has 3 rings (SSSR count). The Morgan fingerprint density at radius 2 is 2.13 bits per heavy atom. The zero-order valence-corrected chi connectivity index (χ0v) is 18.1. The number of rotatable bonds is 9. The standard InChI is InChI=1S/C22H32N6O2/c1-4-23-22(24-10-5-12-28-17(3)14-16(2)27-28)25-11-13-30-19-7-8-20-18(15-19)6-9-21(29)26-20/h7-8,14-15H,4-6,9-13H2,1-3H3,(H,26,29)(H2,23,24,25). The first-order chi connectivity index (χ1) is 14.5. The van der Waals surface area contributed by atoms with E-state index >= 15 is 0 Å². The summed E-state index contributed by atoms with van der Waals surface area (Å²) in [5.41, 5.74) is 4.24. The molecule has 0 spiro atoms. The number of fused-ring (bicyclic) bond motifs is 1. The van der Waals surface area contributed by atoms with Crippen molar-refractivity contribution >= 4 is 17.6 Å². The fraction of sp³-hybridized carbons (Fsp3) is 0.500. The largest absolute Gasteiger partial charge is 0.492 e. The highest BCUT2D eigenvalue weighted by atomic mass is 16.5. The molecule has 0 saturated heterocycles. The second-order valence-corrected chi connectivity index (χ2v) is 7.41. The predicted molar refractivity (Wildman–Crippen MR) is 119 cm³/mol. The normalized spacial score (nSPS) is 13.6. The third-order valence-corrected chi connectivity index (χ3v) is 4.88. The van der Waals surface area contributed by atoms with E-state index in [-0.39, 0.29) is 5.91 Å². The number of nitrogens with zero attached hydrogens (tertiary/aromatic N) is 3. The number of carbonyl (C=O) groups is 1. The third kappa shape index (κ3) is 6.23. The summed E-state index contributed by atoms with van der Waals surface area (Å²) in [5, 5.41) is 13.9. The first-order valence-electron chi connectivity index (χ1n) is 10.6. The van der Waals surface area contributed by atoms with Crippen LogP contribution in [0.2, 0.25) is 0 Å². The van der Waals surface area contributed by atoms with Crippen LogP contribution < -0.4 is 20.7 Å². The Kier molecular flexibility index (Phi) is 7.70. The maximum absolute atomic E-state index is 11.4. The first kappa shape index (κ1) is 21.7. The van der Waals surface area contributed by atoms with Crippen molar-refractivity contribution in [1.29, 1.82) is 0 Å². The van der Waals surface area contributed by atoms with Crippen LogP contribution in [-0.4, -0.2) is 47.9 Å². The van der Waals surface area contributed by atoms with Crippen LogP contribution in [0.1, 0.15) is 36.7 Å². The maximum atomic E-state index is 11.4. The Morgan fingerprint density at radius 1 is 1.27 bits per heavy atom. The number of hydrogen-bond donors (Lipinski definition) is 3. The van der Waals surface area contributed by atoms with Gasteiger partial charge in [0.1, 0.15) is 12.4 Å². The van der Waals surface area contributed by atoms with Crippen LogP contribution in [0, 0.1) is 13.8 Å². The smallest absolute Gasteiger partial charge is 0.224 e. The van der Waals surface area contributed by atoms with E-state index in [9.17, 15) is 4.79 Å². The average Bonchev–Trinajstić information content (AvgIpc) is 3.05. The van der Waals surface area contributed by atoms with Gasteiger partial charge >= 0.3 is 0 Å². The highest BCUT2D eigenvalue weighted by molar-refractivity contribution is 5.94. The van der Waals surface area contributed by atoms with Crippen molar-refractivity contribution in [3.05, 3.63) is 41.2 Å². The minimum Gasteiger partial charge on any atom is -0.492 e. The number of anilines is 1. The lowest BCUT2D eigenvalue weighted by atomic mass is 10.0. The van der Waals surface area contributed by atoms with Gasteiger partial charge in [-0.2, -0.15) is 5.10 Å². The van der Waals surface area contributed by atoms with Crippen LogP contribution in [-0.2, 0) is 17.8 Å². The van der Waals surface area contributed by atoms with Crippen molar-refractivity contribution in [1.82, 2.24) is 20.4 Å². The van der Waals surface area contributed by atoms with Gasteiger partial charge in [0.15, 0.2) is 5.96 Å². The summed E-state index contributed by atoms with van der Waals surface area (Å²) in [7, 11) is 0. The lowest BCUT2D eigenvalue weighted by Gasteiger charge is -2.18. The minimum atomic E-state index is 0.0745. The number of aliphatic imine (C=N–C) groups is 1. The molecule has 8 nitrogen and oxygen atoms in total. The molecule has 1 aromatic heterocycles. The number of hydrogen-bond acceptors (Lipinski definition) is 4. The van der Waals surface area contributed by atoms with E-state index in [1.807, 2.05) is 29.8 Å². The molecule has 0 aliphatic carbocycles. The Labute approximate surface area is 178 Å². The highest BCUT2D eigenvalue weighted by Crippen LogP contribution is 2.26. The molecule has 0 saturated carbocycles. The number of guanidine groups is 1. The zero-order valence-electron chi connectivity index (χ0n) is 18.1. The lowest BCUT2D eigenvalue weighted by molar-refractivity contribution is -0.116. The maximum Gasteiger partial charge on any atom is 0.224 e. The van der Waals surface area contributed by atoms with E-state index in [4.69, 9.17) is 4.74 Å². The Morgan fingerprint density at radius 3 is 2.90 bits per heavy atom. The van der Waals surface area contributed by atoms with E-state index in [1.54, 1.807) is 0 Å². The molecule has 0 atom stereocenters. The first-order valence-corrected chi connectivity index (χ1v) is 10.6. The van der Waals surface area contributed by atoms with Crippen LogP contribution in [0.5, 0.6) is 5.75 Å². The van der Waals surface area contributed by atoms with E-state index in [0.717, 1.165) is 61.1 Å². The van der Waals surface area contributed by atoms with Crippen molar-refractivity contribution < 1.29 is 9.53 Å². The second-order valence-electron chi connectivity index (χ2n) is 7.41. The fourth-order valence-corrected chi connectivity index (χ4v) is 3.44. The Bertz CT molecular complexity index is 890. The van der Waals surface area contributed by atoms with Crippen molar-refractivity contribution in [3.63, 3.8) is 0 Å². The molecule has 0 unspecified atom stereocenters. The molecular formula is C22H32N6O2. The molecule has 1 aliphatic heterocycles. The molecule has 1 amide bonds. The fourth-order valence-electron chi connectivity index (χ4n) is 3.44. The predicted octanol–water partition coefficient (Wildman–Crippen LogP) is 2.41. The summed E-state index contributed by atoms with van der Waals surface area (Å²) >= 11 is 0. The third-order valence-electron chi connectivity index (χ3n) is 4.88. The van der Waals surface area contributed by atoms with Crippen LogP contribution >= 0.6 is 0 Å². The van der Waals surface area contributed by atoms with Gasteiger partial charge in [-0.05, 0) is 63.4 Å².